The van der Waals surface area contributed by atoms with E-state index in [0.717, 1.165) is 5.56 Å². The zero-order chi connectivity index (χ0) is 15.9. The third-order valence-electron chi connectivity index (χ3n) is 3.99. The highest BCUT2D eigenvalue weighted by Crippen LogP contribution is 2.48. The van der Waals surface area contributed by atoms with Gasteiger partial charge in [0.05, 0.1) is 19.8 Å². The van der Waals surface area contributed by atoms with E-state index < -0.39 is 11.6 Å². The smallest absolute Gasteiger partial charge is 0.317 e. The summed E-state index contributed by atoms with van der Waals surface area (Å²) in [5.74, 6) is 0.345. The minimum Gasteiger partial charge on any atom is -0.493 e. The number of methoxy groups -OCH3 is 1. The number of fused-ring (bicyclic) bond motifs is 4. The van der Waals surface area contributed by atoms with Gasteiger partial charge >= 0.3 is 5.97 Å². The highest BCUT2D eigenvalue weighted by molar-refractivity contribution is 7.80. The van der Waals surface area contributed by atoms with Crippen LogP contribution >= 0.6 is 12.2 Å². The Morgan fingerprint density at radius 3 is 2.95 bits per heavy atom. The van der Waals surface area contributed by atoms with Crippen molar-refractivity contribution in [1.29, 1.82) is 0 Å². The fourth-order valence-electron chi connectivity index (χ4n) is 3.08. The fraction of sp³-hybridized carbons (Fsp3) is 0.467. The van der Waals surface area contributed by atoms with E-state index in [-0.39, 0.29) is 12.0 Å². The number of esters is 1. The minimum atomic E-state index is -0.985. The van der Waals surface area contributed by atoms with E-state index in [1.54, 1.807) is 21.0 Å². The molecule has 2 aliphatic rings. The van der Waals surface area contributed by atoms with Gasteiger partial charge in [-0.3, -0.25) is 4.79 Å². The lowest BCUT2D eigenvalue weighted by molar-refractivity contribution is -0.162. The van der Waals surface area contributed by atoms with Crippen LogP contribution in [0, 0.1) is 5.92 Å². The van der Waals surface area contributed by atoms with Crippen molar-refractivity contribution in [3.05, 3.63) is 23.8 Å². The monoisotopic (exact) mass is 322 g/mol. The topological polar surface area (TPSA) is 68.8 Å². The van der Waals surface area contributed by atoms with Crippen molar-refractivity contribution < 1.29 is 19.0 Å². The molecule has 3 rings (SSSR count). The molecule has 1 saturated heterocycles. The van der Waals surface area contributed by atoms with Gasteiger partial charge in [-0.2, -0.15) is 0 Å². The summed E-state index contributed by atoms with van der Waals surface area (Å²) in [5, 5.41) is 6.65. The largest absolute Gasteiger partial charge is 0.493 e. The highest BCUT2D eigenvalue weighted by atomic mass is 32.1. The van der Waals surface area contributed by atoms with Crippen molar-refractivity contribution in [1.82, 2.24) is 10.6 Å². The molecule has 0 radical (unpaired) electrons. The lowest BCUT2D eigenvalue weighted by atomic mass is 9.80. The van der Waals surface area contributed by atoms with Crippen LogP contribution in [0.2, 0.25) is 0 Å². The Bertz CT molecular complexity index is 636. The van der Waals surface area contributed by atoms with Gasteiger partial charge in [0.25, 0.3) is 0 Å². The van der Waals surface area contributed by atoms with Crippen LogP contribution in [-0.4, -0.2) is 30.5 Å². The van der Waals surface area contributed by atoms with E-state index in [1.807, 2.05) is 18.2 Å². The molecule has 2 bridgehead atoms. The maximum absolute atomic E-state index is 12.4. The molecule has 0 aromatic heterocycles. The number of carbonyl (C=O) groups is 1. The predicted molar refractivity (Wildman–Crippen MR) is 83.8 cm³/mol. The number of hydrogen-bond donors (Lipinski definition) is 2. The van der Waals surface area contributed by atoms with Gasteiger partial charge in [0, 0.05) is 5.56 Å². The quantitative estimate of drug-likeness (QED) is 0.645. The zero-order valence-corrected chi connectivity index (χ0v) is 13.5. The van der Waals surface area contributed by atoms with E-state index in [2.05, 4.69) is 10.6 Å². The Hall–Kier alpha value is -2.02. The Balaban J connectivity index is 2.12. The molecule has 118 valence electrons. The molecule has 1 aromatic rings. The standard InChI is InChI=1S/C15H18N2O4S/c1-4-20-13(18)10-11-8-6-5-7-9(19-3)12(8)21-15(10,2)17-14(22)16-11/h5-7,10-11H,4H2,1-3H3,(H2,16,17,22). The number of carbonyl (C=O) groups excluding carboxylic acids is 1. The number of thiocarbonyl (C=S) groups is 1. The summed E-state index contributed by atoms with van der Waals surface area (Å²) in [6.07, 6.45) is 0. The first-order chi connectivity index (χ1) is 10.5. The molecule has 0 saturated carbocycles. The van der Waals surface area contributed by atoms with Gasteiger partial charge in [0.1, 0.15) is 5.92 Å². The van der Waals surface area contributed by atoms with Crippen LogP contribution in [0.3, 0.4) is 0 Å². The molecule has 0 spiro atoms. The third kappa shape index (κ3) is 2.16. The van der Waals surface area contributed by atoms with Crippen molar-refractivity contribution in [2.45, 2.75) is 25.6 Å². The normalized spacial score (nSPS) is 28.6. The van der Waals surface area contributed by atoms with E-state index in [4.69, 9.17) is 26.4 Å². The molecular formula is C15H18N2O4S. The Morgan fingerprint density at radius 1 is 1.50 bits per heavy atom. The second-order valence-electron chi connectivity index (χ2n) is 5.39. The van der Waals surface area contributed by atoms with E-state index in [0.29, 0.717) is 23.2 Å². The Kier molecular flexibility index (Phi) is 3.60. The lowest BCUT2D eigenvalue weighted by Gasteiger charge is -2.50. The number of benzene rings is 1. The van der Waals surface area contributed by atoms with E-state index >= 15 is 0 Å². The van der Waals surface area contributed by atoms with Gasteiger partial charge in [-0.25, -0.2) is 0 Å². The second-order valence-corrected chi connectivity index (χ2v) is 5.80. The van der Waals surface area contributed by atoms with Crippen LogP contribution in [-0.2, 0) is 9.53 Å². The summed E-state index contributed by atoms with van der Waals surface area (Å²) in [5.41, 5.74) is -0.153. The molecule has 2 heterocycles. The lowest BCUT2D eigenvalue weighted by Crippen LogP contribution is -2.70. The number of para-hydroxylation sites is 1. The van der Waals surface area contributed by atoms with Crippen molar-refractivity contribution in [3.8, 4) is 11.5 Å². The molecule has 0 amide bonds. The Morgan fingerprint density at radius 2 is 2.27 bits per heavy atom. The summed E-state index contributed by atoms with van der Waals surface area (Å²) in [6, 6.07) is 5.26. The summed E-state index contributed by atoms with van der Waals surface area (Å²) in [7, 11) is 1.58. The molecule has 6 nitrogen and oxygen atoms in total. The first kappa shape index (κ1) is 14.9. The van der Waals surface area contributed by atoms with Crippen LogP contribution in [0.4, 0.5) is 0 Å². The SMILES string of the molecule is CCOC(=O)C1C2NC(=S)NC1(C)Oc1c(OC)cccc12. The number of ether oxygens (including phenoxy) is 3. The van der Waals surface area contributed by atoms with Crippen molar-refractivity contribution in [3.63, 3.8) is 0 Å². The molecule has 0 aliphatic carbocycles. The first-order valence-electron chi connectivity index (χ1n) is 7.11. The predicted octanol–water partition coefficient (Wildman–Crippen LogP) is 1.50. The Labute approximate surface area is 134 Å². The summed E-state index contributed by atoms with van der Waals surface area (Å²) < 4.78 is 16.7. The van der Waals surface area contributed by atoms with Gasteiger partial charge in [-0.05, 0) is 32.1 Å². The van der Waals surface area contributed by atoms with Crippen molar-refractivity contribution in [2.24, 2.45) is 5.92 Å². The molecular weight excluding hydrogens is 304 g/mol. The minimum absolute atomic E-state index is 0.313. The van der Waals surface area contributed by atoms with Gasteiger partial charge in [-0.1, -0.05) is 12.1 Å². The molecule has 1 aromatic carbocycles. The zero-order valence-electron chi connectivity index (χ0n) is 12.6. The van der Waals surface area contributed by atoms with Gasteiger partial charge in [0.15, 0.2) is 22.3 Å². The van der Waals surface area contributed by atoms with Crippen LogP contribution in [0.5, 0.6) is 11.5 Å². The third-order valence-corrected chi connectivity index (χ3v) is 4.21. The number of hydrogen-bond acceptors (Lipinski definition) is 5. The molecule has 2 aliphatic heterocycles. The fourth-order valence-corrected chi connectivity index (χ4v) is 3.41. The van der Waals surface area contributed by atoms with Gasteiger partial charge < -0.3 is 24.8 Å². The van der Waals surface area contributed by atoms with Crippen molar-refractivity contribution in [2.75, 3.05) is 13.7 Å². The molecule has 2 N–H and O–H groups in total. The maximum atomic E-state index is 12.4. The average Bonchev–Trinajstić information content (AvgIpc) is 2.45. The van der Waals surface area contributed by atoms with E-state index in [9.17, 15) is 4.79 Å². The number of rotatable bonds is 3. The van der Waals surface area contributed by atoms with Crippen LogP contribution in [0.25, 0.3) is 0 Å². The molecule has 1 fully saturated rings. The second kappa shape index (κ2) is 5.31. The van der Waals surface area contributed by atoms with Crippen molar-refractivity contribution >= 4 is 23.3 Å². The van der Waals surface area contributed by atoms with Crippen LogP contribution in [0.1, 0.15) is 25.5 Å². The summed E-state index contributed by atoms with van der Waals surface area (Å²) >= 11 is 5.24. The highest BCUT2D eigenvalue weighted by Gasteiger charge is 2.56. The summed E-state index contributed by atoms with van der Waals surface area (Å²) in [4.78, 5) is 12.4. The van der Waals surface area contributed by atoms with Gasteiger partial charge in [-0.15, -0.1) is 0 Å². The molecule has 3 atom stereocenters. The number of nitrogens with one attached hydrogen (secondary N) is 2. The van der Waals surface area contributed by atoms with Crippen LogP contribution < -0.4 is 20.1 Å². The van der Waals surface area contributed by atoms with E-state index in [1.165, 1.54) is 0 Å². The molecule has 3 unspecified atom stereocenters. The maximum Gasteiger partial charge on any atom is 0.317 e. The average molecular weight is 322 g/mol. The van der Waals surface area contributed by atoms with Crippen LogP contribution in [0.15, 0.2) is 18.2 Å². The molecule has 7 heteroatoms. The van der Waals surface area contributed by atoms with Gasteiger partial charge in [0.2, 0.25) is 0 Å². The first-order valence-corrected chi connectivity index (χ1v) is 7.52. The molecule has 22 heavy (non-hydrogen) atoms. The summed E-state index contributed by atoms with van der Waals surface area (Å²) in [6.45, 7) is 3.89.